The molecule has 0 unspecified atom stereocenters. The van der Waals surface area contributed by atoms with Crippen LogP contribution < -0.4 is 0 Å². The zero-order chi connectivity index (χ0) is 28.4. The molecule has 1 aromatic heterocycles. The van der Waals surface area contributed by atoms with Crippen LogP contribution in [0.25, 0.3) is 54.0 Å². The number of aromatic nitrogens is 1. The number of carbonyl (C=O) groups excluding carboxylic acids is 1. The van der Waals surface area contributed by atoms with Gasteiger partial charge in [-0.15, -0.1) is 29.1 Å². The van der Waals surface area contributed by atoms with Crippen molar-refractivity contribution >= 4 is 59.8 Å². The van der Waals surface area contributed by atoms with Gasteiger partial charge in [-0.1, -0.05) is 87.9 Å². The fourth-order valence-corrected chi connectivity index (χ4v) is 6.14. The van der Waals surface area contributed by atoms with Crippen LogP contribution in [0, 0.1) is 24.8 Å². The van der Waals surface area contributed by atoms with Crippen LogP contribution in [-0.2, 0) is 24.9 Å². The van der Waals surface area contributed by atoms with Crippen molar-refractivity contribution in [2.75, 3.05) is 0 Å². The number of nitrogens with zero attached hydrogens (tertiary/aromatic N) is 1. The molecule has 213 valence electrons. The Bertz CT molecular complexity index is 1850. The maximum atomic E-state index is 11.7. The van der Waals surface area contributed by atoms with E-state index in [4.69, 9.17) is 4.98 Å². The number of pyridine rings is 1. The van der Waals surface area contributed by atoms with E-state index in [0.717, 1.165) is 42.1 Å². The molecule has 0 saturated heterocycles. The van der Waals surface area contributed by atoms with Gasteiger partial charge in [0.2, 0.25) is 0 Å². The Kier molecular flexibility index (Phi) is 9.79. The van der Waals surface area contributed by atoms with Gasteiger partial charge in [-0.3, -0.25) is 4.79 Å². The second-order valence-corrected chi connectivity index (χ2v) is 10.8. The molecule has 0 aliphatic heterocycles. The zero-order valence-corrected chi connectivity index (χ0v) is 26.9. The second kappa shape index (κ2) is 13.1. The van der Waals surface area contributed by atoms with Crippen LogP contribution in [0.3, 0.4) is 0 Å². The molecular formula is C37H38IrNO2-. The predicted octanol–water partition coefficient (Wildman–Crippen LogP) is 10.3. The smallest absolute Gasteiger partial charge is 0.162 e. The van der Waals surface area contributed by atoms with Crippen LogP contribution in [0.4, 0.5) is 0 Å². The molecule has 4 heteroatoms. The summed E-state index contributed by atoms with van der Waals surface area (Å²) in [5, 5.41) is 21.2. The van der Waals surface area contributed by atoms with Gasteiger partial charge in [-0.25, -0.2) is 0 Å². The number of carbonyl (C=O) groups is 1. The molecule has 0 bridgehead atoms. The third-order valence-corrected chi connectivity index (χ3v) is 8.47. The fourth-order valence-electron chi connectivity index (χ4n) is 6.14. The van der Waals surface area contributed by atoms with E-state index in [9.17, 15) is 9.90 Å². The Balaban J connectivity index is 0.000000212. The molecule has 5 aromatic carbocycles. The van der Waals surface area contributed by atoms with Gasteiger partial charge < -0.3 is 10.1 Å². The quantitative estimate of drug-likeness (QED) is 0.0587. The van der Waals surface area contributed by atoms with Crippen LogP contribution in [0.1, 0.15) is 58.9 Å². The topological polar surface area (TPSA) is 50.2 Å². The number of hydrogen-bond donors (Lipinski definition) is 1. The average Bonchev–Trinajstić information content (AvgIpc) is 2.98. The van der Waals surface area contributed by atoms with E-state index in [1.165, 1.54) is 49.2 Å². The van der Waals surface area contributed by atoms with Gasteiger partial charge >= 0.3 is 0 Å². The van der Waals surface area contributed by atoms with Gasteiger partial charge in [0, 0.05) is 44.2 Å². The van der Waals surface area contributed by atoms with E-state index in [1.807, 2.05) is 33.9 Å². The van der Waals surface area contributed by atoms with Crippen molar-refractivity contribution in [1.29, 1.82) is 0 Å². The first kappa shape index (κ1) is 30.6. The zero-order valence-electron chi connectivity index (χ0n) is 24.5. The number of allylic oxidation sites excluding steroid dienone is 2. The number of aryl methyl sites for hydroxylation is 1. The van der Waals surface area contributed by atoms with Crippen molar-refractivity contribution in [2.45, 2.75) is 60.3 Å². The molecule has 1 heterocycles. The van der Waals surface area contributed by atoms with Gasteiger partial charge in [-0.05, 0) is 69.6 Å². The minimum Gasteiger partial charge on any atom is -0.512 e. The van der Waals surface area contributed by atoms with Crippen LogP contribution in [0.15, 0.2) is 78.7 Å². The first-order chi connectivity index (χ1) is 19.4. The largest absolute Gasteiger partial charge is 0.512 e. The van der Waals surface area contributed by atoms with E-state index in [-0.39, 0.29) is 43.5 Å². The van der Waals surface area contributed by atoms with Crippen LogP contribution in [0.5, 0.6) is 0 Å². The molecule has 0 atom stereocenters. The molecule has 6 aromatic rings. The third-order valence-electron chi connectivity index (χ3n) is 8.47. The van der Waals surface area contributed by atoms with E-state index < -0.39 is 0 Å². The van der Waals surface area contributed by atoms with Crippen molar-refractivity contribution in [3.05, 3.63) is 90.3 Å². The van der Waals surface area contributed by atoms with Crippen molar-refractivity contribution in [2.24, 2.45) is 11.8 Å². The maximum absolute atomic E-state index is 11.7. The summed E-state index contributed by atoms with van der Waals surface area (Å²) >= 11 is 0. The van der Waals surface area contributed by atoms with E-state index in [0.29, 0.717) is 0 Å². The van der Waals surface area contributed by atoms with Gasteiger partial charge in [0.1, 0.15) is 0 Å². The van der Waals surface area contributed by atoms with Crippen molar-refractivity contribution < 1.29 is 30.0 Å². The predicted molar refractivity (Wildman–Crippen MR) is 170 cm³/mol. The molecule has 6 rings (SSSR count). The summed E-state index contributed by atoms with van der Waals surface area (Å²) < 4.78 is 0. The molecule has 1 N–H and O–H groups in total. The summed E-state index contributed by atoms with van der Waals surface area (Å²) in [5.74, 6) is 0.547. The van der Waals surface area contributed by atoms with Gasteiger partial charge in [-0.2, -0.15) is 0 Å². The molecule has 41 heavy (non-hydrogen) atoms. The summed E-state index contributed by atoms with van der Waals surface area (Å²) in [4.78, 5) is 16.5. The SMILES string of the molecule is CCC(CC)C(=O)/C=C(\O)C(CC)CC.Cc1[c-]c2c(cc1)c1cccc3c4ccccc4c4ccnc2c4c13.[Ir]. The number of rotatable bonds is 7. The second-order valence-electron chi connectivity index (χ2n) is 10.8. The van der Waals surface area contributed by atoms with E-state index in [2.05, 4.69) is 73.7 Å². The van der Waals surface area contributed by atoms with Crippen LogP contribution in [0.2, 0.25) is 0 Å². The minimum absolute atomic E-state index is 0. The average molecular weight is 721 g/mol. The first-order valence-corrected chi connectivity index (χ1v) is 14.6. The summed E-state index contributed by atoms with van der Waals surface area (Å²) in [6.45, 7) is 10.2. The number of fused-ring (bicyclic) bond motifs is 6. The number of ketones is 1. The molecule has 3 nitrogen and oxygen atoms in total. The monoisotopic (exact) mass is 721 g/mol. The van der Waals surface area contributed by atoms with Crippen molar-refractivity contribution in [1.82, 2.24) is 4.98 Å². The molecular weight excluding hydrogens is 683 g/mol. The summed E-state index contributed by atoms with van der Waals surface area (Å²) in [7, 11) is 0. The Hall–Kier alpha value is -3.33. The molecule has 0 fully saturated rings. The fraction of sp³-hybridized carbons (Fsp3) is 0.297. The van der Waals surface area contributed by atoms with Gasteiger partial charge in [0.25, 0.3) is 0 Å². The number of hydrogen-bond acceptors (Lipinski definition) is 3. The number of aliphatic hydroxyl groups is 1. The van der Waals surface area contributed by atoms with Crippen molar-refractivity contribution in [3.8, 4) is 0 Å². The minimum atomic E-state index is 0. The standard InChI is InChI=1S/C24H14N.C13H24O2.Ir/c1-14-9-10-17-19-8-4-7-18-15-5-2-3-6-16(15)20-11-12-25-24(21(17)13-14)23(20)22(18)19;1-5-10(6-2)12(14)9-13(15)11(7-3)8-4;/h2-12H,1H3;9-11,14H,5-8H2,1-4H3;/q-1;;/b;12-9-;. The Morgan fingerprint density at radius 3 is 1.93 bits per heavy atom. The molecule has 0 amide bonds. The first-order valence-electron chi connectivity index (χ1n) is 14.6. The Morgan fingerprint density at radius 1 is 0.756 bits per heavy atom. The third kappa shape index (κ3) is 5.61. The van der Waals surface area contributed by atoms with Gasteiger partial charge in [0.05, 0.1) is 5.76 Å². The molecule has 0 aliphatic carbocycles. The maximum Gasteiger partial charge on any atom is 0.162 e. The van der Waals surface area contributed by atoms with E-state index in [1.54, 1.807) is 0 Å². The van der Waals surface area contributed by atoms with Crippen LogP contribution in [-0.4, -0.2) is 15.9 Å². The summed E-state index contributed by atoms with van der Waals surface area (Å²) in [6.07, 6.45) is 6.84. The Morgan fingerprint density at radius 2 is 1.32 bits per heavy atom. The van der Waals surface area contributed by atoms with E-state index >= 15 is 0 Å². The molecule has 1 radical (unpaired) electrons. The normalized spacial score (nSPS) is 12.0. The Labute approximate surface area is 256 Å². The molecule has 0 saturated carbocycles. The van der Waals surface area contributed by atoms with Crippen LogP contribution >= 0.6 is 0 Å². The molecule has 0 spiro atoms. The number of benzene rings is 5. The van der Waals surface area contributed by atoms with Crippen molar-refractivity contribution in [3.63, 3.8) is 0 Å². The molecule has 0 aliphatic rings. The summed E-state index contributed by atoms with van der Waals surface area (Å²) in [6, 6.07) is 25.4. The number of aliphatic hydroxyl groups excluding tert-OH is 1. The summed E-state index contributed by atoms with van der Waals surface area (Å²) in [5.41, 5.74) is 2.21. The van der Waals surface area contributed by atoms with Gasteiger partial charge in [0.15, 0.2) is 5.78 Å².